The van der Waals surface area contributed by atoms with Crippen LogP contribution >= 0.6 is 0 Å². The first-order chi connectivity index (χ1) is 6.90. The second-order valence-corrected chi connectivity index (χ2v) is 4.06. The zero-order chi connectivity index (χ0) is 9.80. The van der Waals surface area contributed by atoms with Crippen LogP contribution in [0.2, 0.25) is 0 Å². The number of rotatable bonds is 3. The van der Waals surface area contributed by atoms with Crippen LogP contribution in [0.3, 0.4) is 0 Å². The Hall–Kier alpha value is -1.12. The molecule has 0 bridgehead atoms. The SMILES string of the molecule is O=Cc1nccn1CC1CCCCC1. The van der Waals surface area contributed by atoms with Crippen LogP contribution in [-0.2, 0) is 6.54 Å². The third kappa shape index (κ3) is 2.03. The summed E-state index contributed by atoms with van der Waals surface area (Å²) in [6.07, 6.45) is 11.1. The molecular formula is C11H16N2O. The number of hydrogen-bond acceptors (Lipinski definition) is 2. The molecule has 1 aliphatic carbocycles. The summed E-state index contributed by atoms with van der Waals surface area (Å²) in [6.45, 7) is 0.966. The third-order valence-corrected chi connectivity index (χ3v) is 3.03. The largest absolute Gasteiger partial charge is 0.328 e. The van der Waals surface area contributed by atoms with Crippen LogP contribution in [0.4, 0.5) is 0 Å². The number of carbonyl (C=O) groups excluding carboxylic acids is 1. The molecule has 3 heteroatoms. The maximum absolute atomic E-state index is 10.6. The van der Waals surface area contributed by atoms with E-state index in [9.17, 15) is 4.79 Å². The zero-order valence-corrected chi connectivity index (χ0v) is 8.35. The van der Waals surface area contributed by atoms with Gasteiger partial charge in [0.05, 0.1) is 0 Å². The van der Waals surface area contributed by atoms with Gasteiger partial charge in [-0.25, -0.2) is 4.98 Å². The predicted octanol–water partition coefficient (Wildman–Crippen LogP) is 2.28. The smallest absolute Gasteiger partial charge is 0.185 e. The highest BCUT2D eigenvalue weighted by Gasteiger charge is 2.14. The van der Waals surface area contributed by atoms with E-state index in [1.807, 2.05) is 10.8 Å². The minimum atomic E-state index is 0.565. The maximum atomic E-state index is 10.6. The summed E-state index contributed by atoms with van der Waals surface area (Å²) in [7, 11) is 0. The van der Waals surface area contributed by atoms with Crippen molar-refractivity contribution in [1.82, 2.24) is 9.55 Å². The van der Waals surface area contributed by atoms with Crippen LogP contribution in [0.15, 0.2) is 12.4 Å². The Morgan fingerprint density at radius 3 is 2.93 bits per heavy atom. The average Bonchev–Trinajstić information content (AvgIpc) is 2.67. The number of aldehydes is 1. The quantitative estimate of drug-likeness (QED) is 0.688. The summed E-state index contributed by atoms with van der Waals surface area (Å²) in [4.78, 5) is 14.6. The predicted molar refractivity (Wildman–Crippen MR) is 54.2 cm³/mol. The van der Waals surface area contributed by atoms with E-state index < -0.39 is 0 Å². The highest BCUT2D eigenvalue weighted by molar-refractivity contribution is 5.69. The third-order valence-electron chi connectivity index (χ3n) is 3.03. The van der Waals surface area contributed by atoms with E-state index in [0.29, 0.717) is 5.82 Å². The Labute approximate surface area is 84.1 Å². The molecule has 1 heterocycles. The van der Waals surface area contributed by atoms with E-state index in [1.54, 1.807) is 6.20 Å². The van der Waals surface area contributed by atoms with Crippen molar-refractivity contribution in [2.24, 2.45) is 5.92 Å². The molecule has 0 amide bonds. The van der Waals surface area contributed by atoms with Gasteiger partial charge in [0, 0.05) is 18.9 Å². The molecule has 0 aromatic carbocycles. The van der Waals surface area contributed by atoms with E-state index in [0.717, 1.165) is 18.7 Å². The van der Waals surface area contributed by atoms with Crippen molar-refractivity contribution in [2.45, 2.75) is 38.6 Å². The Bertz CT molecular complexity index is 300. The van der Waals surface area contributed by atoms with E-state index in [-0.39, 0.29) is 0 Å². The molecule has 1 fully saturated rings. The minimum Gasteiger partial charge on any atom is -0.328 e. The molecule has 1 saturated carbocycles. The highest BCUT2D eigenvalue weighted by atomic mass is 16.1. The summed E-state index contributed by atoms with van der Waals surface area (Å²) >= 11 is 0. The molecule has 3 nitrogen and oxygen atoms in total. The lowest BCUT2D eigenvalue weighted by Crippen LogP contribution is -2.15. The first-order valence-corrected chi connectivity index (χ1v) is 5.36. The molecule has 0 unspecified atom stereocenters. The van der Waals surface area contributed by atoms with Crippen molar-refractivity contribution < 1.29 is 4.79 Å². The van der Waals surface area contributed by atoms with Crippen molar-refractivity contribution >= 4 is 6.29 Å². The fraction of sp³-hybridized carbons (Fsp3) is 0.636. The lowest BCUT2D eigenvalue weighted by molar-refractivity contribution is 0.110. The highest BCUT2D eigenvalue weighted by Crippen LogP contribution is 2.25. The fourth-order valence-corrected chi connectivity index (χ4v) is 2.24. The molecule has 14 heavy (non-hydrogen) atoms. The second-order valence-electron chi connectivity index (χ2n) is 4.06. The van der Waals surface area contributed by atoms with Gasteiger partial charge in [-0.2, -0.15) is 0 Å². The summed E-state index contributed by atoms with van der Waals surface area (Å²) in [5, 5.41) is 0. The van der Waals surface area contributed by atoms with Crippen molar-refractivity contribution in [3.8, 4) is 0 Å². The lowest BCUT2D eigenvalue weighted by Gasteiger charge is -2.22. The Balaban J connectivity index is 1.98. The number of imidazole rings is 1. The van der Waals surface area contributed by atoms with Crippen LogP contribution in [0.5, 0.6) is 0 Å². The number of nitrogens with zero attached hydrogens (tertiary/aromatic N) is 2. The minimum absolute atomic E-state index is 0.565. The van der Waals surface area contributed by atoms with E-state index in [4.69, 9.17) is 0 Å². The standard InChI is InChI=1S/C11H16N2O/c14-9-11-12-6-7-13(11)8-10-4-2-1-3-5-10/h6-7,9-10H,1-5,8H2. The van der Waals surface area contributed by atoms with E-state index >= 15 is 0 Å². The monoisotopic (exact) mass is 192 g/mol. The van der Waals surface area contributed by atoms with Gasteiger partial charge in [-0.15, -0.1) is 0 Å². The Morgan fingerprint density at radius 2 is 2.21 bits per heavy atom. The summed E-state index contributed by atoms with van der Waals surface area (Å²) in [6, 6.07) is 0. The summed E-state index contributed by atoms with van der Waals surface area (Å²) in [5.41, 5.74) is 0. The maximum Gasteiger partial charge on any atom is 0.185 e. The van der Waals surface area contributed by atoms with Gasteiger partial charge in [0.25, 0.3) is 0 Å². The molecule has 1 aromatic heterocycles. The average molecular weight is 192 g/mol. The first kappa shape index (κ1) is 9.44. The van der Waals surface area contributed by atoms with Gasteiger partial charge in [-0.1, -0.05) is 19.3 Å². The van der Waals surface area contributed by atoms with E-state index in [1.165, 1.54) is 32.1 Å². The van der Waals surface area contributed by atoms with Crippen molar-refractivity contribution in [3.05, 3.63) is 18.2 Å². The molecule has 0 aliphatic heterocycles. The van der Waals surface area contributed by atoms with Crippen molar-refractivity contribution in [1.29, 1.82) is 0 Å². The Morgan fingerprint density at radius 1 is 1.43 bits per heavy atom. The van der Waals surface area contributed by atoms with Crippen LogP contribution in [0.1, 0.15) is 42.7 Å². The molecule has 0 spiro atoms. The molecule has 0 saturated heterocycles. The number of carbonyl (C=O) groups is 1. The first-order valence-electron chi connectivity index (χ1n) is 5.36. The second kappa shape index (κ2) is 4.40. The van der Waals surface area contributed by atoms with Gasteiger partial charge < -0.3 is 4.57 Å². The fourth-order valence-electron chi connectivity index (χ4n) is 2.24. The van der Waals surface area contributed by atoms with Crippen LogP contribution in [-0.4, -0.2) is 15.8 Å². The van der Waals surface area contributed by atoms with Crippen LogP contribution in [0.25, 0.3) is 0 Å². The molecule has 2 rings (SSSR count). The topological polar surface area (TPSA) is 34.9 Å². The molecule has 0 N–H and O–H groups in total. The molecule has 1 aliphatic rings. The molecular weight excluding hydrogens is 176 g/mol. The summed E-state index contributed by atoms with van der Waals surface area (Å²) < 4.78 is 1.98. The van der Waals surface area contributed by atoms with Crippen LogP contribution < -0.4 is 0 Å². The van der Waals surface area contributed by atoms with E-state index in [2.05, 4.69) is 4.98 Å². The number of aromatic nitrogens is 2. The van der Waals surface area contributed by atoms with Gasteiger partial charge >= 0.3 is 0 Å². The lowest BCUT2D eigenvalue weighted by atomic mass is 9.89. The summed E-state index contributed by atoms with van der Waals surface area (Å²) in [5.74, 6) is 1.31. The van der Waals surface area contributed by atoms with Gasteiger partial charge in [0.15, 0.2) is 12.1 Å². The molecule has 76 valence electrons. The van der Waals surface area contributed by atoms with Gasteiger partial charge in [0.2, 0.25) is 0 Å². The molecule has 1 aromatic rings. The number of hydrogen-bond donors (Lipinski definition) is 0. The van der Waals surface area contributed by atoms with Gasteiger partial charge in [0.1, 0.15) is 0 Å². The normalized spacial score (nSPS) is 18.3. The Kier molecular flexibility index (Phi) is 2.96. The van der Waals surface area contributed by atoms with Crippen LogP contribution in [0, 0.1) is 5.92 Å². The zero-order valence-electron chi connectivity index (χ0n) is 8.35. The van der Waals surface area contributed by atoms with Crippen molar-refractivity contribution in [3.63, 3.8) is 0 Å². The molecule has 0 radical (unpaired) electrons. The van der Waals surface area contributed by atoms with Crippen molar-refractivity contribution in [2.75, 3.05) is 0 Å². The molecule has 0 atom stereocenters. The van der Waals surface area contributed by atoms with Gasteiger partial charge in [-0.3, -0.25) is 4.79 Å². The van der Waals surface area contributed by atoms with Gasteiger partial charge in [-0.05, 0) is 18.8 Å².